The minimum atomic E-state index is -4.58. The van der Waals surface area contributed by atoms with Crippen LogP contribution in [-0.4, -0.2) is 31.9 Å². The molecule has 1 fully saturated rings. The Balaban J connectivity index is 0.00000288. The molecule has 1 aliphatic heterocycles. The molecule has 2 rings (SSSR count). The van der Waals surface area contributed by atoms with Gasteiger partial charge in [0, 0.05) is 19.1 Å². The van der Waals surface area contributed by atoms with Crippen molar-refractivity contribution in [1.82, 2.24) is 4.31 Å². The van der Waals surface area contributed by atoms with Gasteiger partial charge >= 0.3 is 6.18 Å². The van der Waals surface area contributed by atoms with Crippen LogP contribution in [0.2, 0.25) is 0 Å². The number of halogens is 4. The lowest BCUT2D eigenvalue weighted by Crippen LogP contribution is -2.45. The van der Waals surface area contributed by atoms with Crippen LogP contribution in [0.3, 0.4) is 0 Å². The van der Waals surface area contributed by atoms with Crippen molar-refractivity contribution in [3.8, 4) is 0 Å². The van der Waals surface area contributed by atoms with Crippen LogP contribution in [0.1, 0.15) is 30.9 Å². The van der Waals surface area contributed by atoms with E-state index in [1.807, 2.05) is 6.92 Å². The summed E-state index contributed by atoms with van der Waals surface area (Å²) < 4.78 is 65.6. The summed E-state index contributed by atoms with van der Waals surface area (Å²) in [4.78, 5) is -0.319. The number of rotatable bonds is 3. The number of hydrogen-bond donors (Lipinski definition) is 1. The van der Waals surface area contributed by atoms with Crippen molar-refractivity contribution in [2.75, 3.05) is 13.1 Å². The van der Waals surface area contributed by atoms with E-state index in [0.717, 1.165) is 12.5 Å². The average molecular weight is 387 g/mol. The van der Waals surface area contributed by atoms with Gasteiger partial charge in [0.05, 0.1) is 10.5 Å². The van der Waals surface area contributed by atoms with Gasteiger partial charge in [0.25, 0.3) is 0 Å². The Bertz CT molecular complexity index is 678. The molecule has 0 aromatic heterocycles. The van der Waals surface area contributed by atoms with E-state index in [-0.39, 0.29) is 41.4 Å². The van der Waals surface area contributed by atoms with Gasteiger partial charge in [0.1, 0.15) is 0 Å². The molecule has 0 amide bonds. The third-order valence-electron chi connectivity index (χ3n) is 4.32. The molecule has 9 heteroatoms. The summed E-state index contributed by atoms with van der Waals surface area (Å²) in [6, 6.07) is 3.00. The molecule has 2 N–H and O–H groups in total. The molecule has 0 bridgehead atoms. The van der Waals surface area contributed by atoms with E-state index < -0.39 is 21.8 Å². The molecular formula is C15H22ClF3N2O2S. The van der Waals surface area contributed by atoms with Crippen LogP contribution in [0.25, 0.3) is 0 Å². The van der Waals surface area contributed by atoms with Crippen molar-refractivity contribution in [3.05, 3.63) is 29.3 Å². The molecule has 4 nitrogen and oxygen atoms in total. The van der Waals surface area contributed by atoms with Crippen molar-refractivity contribution >= 4 is 22.4 Å². The van der Waals surface area contributed by atoms with Gasteiger partial charge in [-0.2, -0.15) is 17.5 Å². The largest absolute Gasteiger partial charge is 0.416 e. The molecule has 1 aliphatic rings. The van der Waals surface area contributed by atoms with Gasteiger partial charge in [0.2, 0.25) is 10.0 Å². The fourth-order valence-electron chi connectivity index (χ4n) is 2.84. The lowest BCUT2D eigenvalue weighted by atomic mass is 9.93. The summed E-state index contributed by atoms with van der Waals surface area (Å²) in [5.41, 5.74) is 4.93. The molecule has 2 unspecified atom stereocenters. The Morgan fingerprint density at radius 1 is 1.33 bits per heavy atom. The van der Waals surface area contributed by atoms with Crippen LogP contribution in [-0.2, 0) is 16.2 Å². The minimum Gasteiger partial charge on any atom is -0.328 e. The minimum absolute atomic E-state index is 0. The maximum Gasteiger partial charge on any atom is 0.416 e. The van der Waals surface area contributed by atoms with Gasteiger partial charge in [-0.25, -0.2) is 8.42 Å². The van der Waals surface area contributed by atoms with Crippen LogP contribution in [0.5, 0.6) is 0 Å². The van der Waals surface area contributed by atoms with E-state index in [9.17, 15) is 21.6 Å². The normalized spacial score (nSPS) is 21.2. The number of nitrogens with zero attached hydrogens (tertiary/aromatic N) is 1. The summed E-state index contributed by atoms with van der Waals surface area (Å²) >= 11 is 0. The monoisotopic (exact) mass is 386 g/mol. The van der Waals surface area contributed by atoms with E-state index in [0.29, 0.717) is 13.0 Å². The van der Waals surface area contributed by atoms with Crippen LogP contribution in [0.15, 0.2) is 23.1 Å². The number of benzene rings is 1. The van der Waals surface area contributed by atoms with E-state index in [1.165, 1.54) is 23.4 Å². The lowest BCUT2D eigenvalue weighted by Gasteiger charge is -2.33. The first-order valence-corrected chi connectivity index (χ1v) is 8.91. The molecule has 24 heavy (non-hydrogen) atoms. The summed E-state index contributed by atoms with van der Waals surface area (Å²) in [5.74, 6) is 0.0195. The quantitative estimate of drug-likeness (QED) is 0.867. The molecule has 0 saturated carbocycles. The van der Waals surface area contributed by atoms with Gasteiger partial charge < -0.3 is 5.73 Å². The molecule has 138 valence electrons. The highest BCUT2D eigenvalue weighted by Crippen LogP contribution is 2.34. The highest BCUT2D eigenvalue weighted by molar-refractivity contribution is 7.89. The number of aryl methyl sites for hydroxylation is 1. The highest BCUT2D eigenvalue weighted by Gasteiger charge is 2.36. The molecule has 2 atom stereocenters. The fraction of sp³-hybridized carbons (Fsp3) is 0.600. The molecule has 1 heterocycles. The lowest BCUT2D eigenvalue weighted by molar-refractivity contribution is -0.138. The van der Waals surface area contributed by atoms with Crippen molar-refractivity contribution in [3.63, 3.8) is 0 Å². The zero-order valence-corrected chi connectivity index (χ0v) is 15.1. The van der Waals surface area contributed by atoms with Crippen molar-refractivity contribution < 1.29 is 21.6 Å². The van der Waals surface area contributed by atoms with Gasteiger partial charge in [-0.3, -0.25) is 0 Å². The Kier molecular flexibility index (Phi) is 6.71. The third-order valence-corrected chi connectivity index (χ3v) is 6.18. The first-order valence-electron chi connectivity index (χ1n) is 7.47. The second-order valence-corrected chi connectivity index (χ2v) is 8.04. The molecule has 1 aromatic rings. The van der Waals surface area contributed by atoms with Crippen molar-refractivity contribution in [1.29, 1.82) is 0 Å². The van der Waals surface area contributed by atoms with Crippen LogP contribution in [0, 0.1) is 12.8 Å². The molecule has 0 spiro atoms. The zero-order valence-electron chi connectivity index (χ0n) is 13.5. The first-order chi connectivity index (χ1) is 10.5. The van der Waals surface area contributed by atoms with Gasteiger partial charge in [-0.1, -0.05) is 6.07 Å². The maximum atomic E-state index is 13.0. The summed E-state index contributed by atoms with van der Waals surface area (Å²) in [7, 11) is -3.95. The number of nitrogens with two attached hydrogens (primary N) is 1. The summed E-state index contributed by atoms with van der Waals surface area (Å²) in [6.45, 7) is 3.68. The topological polar surface area (TPSA) is 63.4 Å². The number of hydrogen-bond acceptors (Lipinski definition) is 3. The van der Waals surface area contributed by atoms with Crippen LogP contribution in [0.4, 0.5) is 13.2 Å². The van der Waals surface area contributed by atoms with Crippen molar-refractivity contribution in [2.24, 2.45) is 11.7 Å². The van der Waals surface area contributed by atoms with Crippen molar-refractivity contribution in [2.45, 2.75) is 43.8 Å². The average Bonchev–Trinajstić information content (AvgIpc) is 2.46. The molecule has 0 radical (unpaired) electrons. The molecule has 1 saturated heterocycles. The van der Waals surface area contributed by atoms with E-state index >= 15 is 0 Å². The van der Waals surface area contributed by atoms with Gasteiger partial charge in [-0.05, 0) is 50.3 Å². The highest BCUT2D eigenvalue weighted by atomic mass is 35.5. The summed E-state index contributed by atoms with van der Waals surface area (Å²) in [5, 5.41) is 0. The SMILES string of the molecule is Cc1ccc(S(=O)(=O)N2CCCC(C(C)N)C2)cc1C(F)(F)F.Cl. The smallest absolute Gasteiger partial charge is 0.328 e. The van der Waals surface area contributed by atoms with E-state index in [4.69, 9.17) is 5.73 Å². The standard InChI is InChI=1S/C15H21F3N2O2S.ClH/c1-10-5-6-13(8-14(10)15(16,17)18)23(21,22)20-7-3-4-12(9-20)11(2)19;/h5-6,8,11-12H,3-4,7,9,19H2,1-2H3;1H. The number of piperidine rings is 1. The third kappa shape index (κ3) is 4.41. The predicted octanol–water partition coefficient (Wildman–Crippen LogP) is 3.18. The molecule has 0 aliphatic carbocycles. The summed E-state index contributed by atoms with van der Waals surface area (Å²) in [6.07, 6.45) is -3.10. The Labute approximate surface area is 146 Å². The Morgan fingerprint density at radius 3 is 2.50 bits per heavy atom. The molecule has 1 aromatic carbocycles. The van der Waals surface area contributed by atoms with Gasteiger partial charge in [-0.15, -0.1) is 12.4 Å². The van der Waals surface area contributed by atoms with E-state index in [2.05, 4.69) is 0 Å². The van der Waals surface area contributed by atoms with Crippen LogP contribution >= 0.6 is 12.4 Å². The maximum absolute atomic E-state index is 13.0. The molecular weight excluding hydrogens is 365 g/mol. The number of sulfonamides is 1. The number of alkyl halides is 3. The van der Waals surface area contributed by atoms with Gasteiger partial charge in [0.15, 0.2) is 0 Å². The first kappa shape index (κ1) is 21.2. The van der Waals surface area contributed by atoms with Crippen LogP contribution < -0.4 is 5.73 Å². The predicted molar refractivity (Wildman–Crippen MR) is 88.6 cm³/mol. The Morgan fingerprint density at radius 2 is 1.96 bits per heavy atom. The second kappa shape index (κ2) is 7.59. The zero-order chi connectivity index (χ0) is 17.4. The second-order valence-electron chi connectivity index (χ2n) is 6.10. The fourth-order valence-corrected chi connectivity index (χ4v) is 4.40. The van der Waals surface area contributed by atoms with E-state index in [1.54, 1.807) is 0 Å². The Hall–Kier alpha value is -0.830.